The predicted molar refractivity (Wildman–Crippen MR) is 67.9 cm³/mol. The summed E-state index contributed by atoms with van der Waals surface area (Å²) >= 11 is 2.15. The molecule has 0 radical (unpaired) electrons. The van der Waals surface area contributed by atoms with E-state index >= 15 is 0 Å². The van der Waals surface area contributed by atoms with Crippen LogP contribution in [0.25, 0.3) is 0 Å². The minimum absolute atomic E-state index is 0.805. The molecular formula is C13H24S. The maximum atomic E-state index is 2.40. The molecule has 0 saturated carbocycles. The van der Waals surface area contributed by atoms with Crippen LogP contribution in [0.2, 0.25) is 0 Å². The third-order valence-corrected chi connectivity index (χ3v) is 4.50. The Bertz CT molecular complexity index is 163. The van der Waals surface area contributed by atoms with Crippen LogP contribution in [0.15, 0.2) is 12.2 Å². The van der Waals surface area contributed by atoms with Gasteiger partial charge in [0.2, 0.25) is 0 Å². The quantitative estimate of drug-likeness (QED) is 0.456. The highest BCUT2D eigenvalue weighted by molar-refractivity contribution is 8.00. The van der Waals surface area contributed by atoms with Crippen molar-refractivity contribution in [3.05, 3.63) is 12.2 Å². The molecule has 2 unspecified atom stereocenters. The molecule has 0 bridgehead atoms. The van der Waals surface area contributed by atoms with E-state index in [2.05, 4.69) is 37.8 Å². The molecule has 1 heteroatoms. The van der Waals surface area contributed by atoms with Crippen LogP contribution in [0.5, 0.6) is 0 Å². The largest absolute Gasteiger partial charge is 0.154 e. The first kappa shape index (κ1) is 12.2. The van der Waals surface area contributed by atoms with E-state index in [1.807, 2.05) is 0 Å². The average molecular weight is 212 g/mol. The molecule has 0 aliphatic carbocycles. The molecule has 1 aliphatic rings. The van der Waals surface area contributed by atoms with Crippen molar-refractivity contribution in [3.63, 3.8) is 0 Å². The Morgan fingerprint density at radius 1 is 1.21 bits per heavy atom. The Balaban J connectivity index is 2.03. The molecule has 0 N–H and O–H groups in total. The minimum atomic E-state index is 0.805. The first-order valence-corrected chi connectivity index (χ1v) is 7.17. The van der Waals surface area contributed by atoms with Gasteiger partial charge in [-0.05, 0) is 12.3 Å². The van der Waals surface area contributed by atoms with Crippen LogP contribution in [0.3, 0.4) is 0 Å². The van der Waals surface area contributed by atoms with Gasteiger partial charge in [0.15, 0.2) is 0 Å². The van der Waals surface area contributed by atoms with Gasteiger partial charge in [0.25, 0.3) is 0 Å². The standard InChI is InChI=1S/C13H24S/c1-3-4-5-6-7-10-13-12(2)9-8-11-14-13/h8-9,12-13H,3-7,10-11H2,1-2H3. The summed E-state index contributed by atoms with van der Waals surface area (Å²) in [7, 11) is 0. The van der Waals surface area contributed by atoms with E-state index in [1.165, 1.54) is 44.3 Å². The van der Waals surface area contributed by atoms with E-state index < -0.39 is 0 Å². The van der Waals surface area contributed by atoms with Gasteiger partial charge in [0, 0.05) is 11.0 Å². The molecule has 14 heavy (non-hydrogen) atoms. The number of hydrogen-bond donors (Lipinski definition) is 0. The first-order chi connectivity index (χ1) is 6.84. The summed E-state index contributed by atoms with van der Waals surface area (Å²) in [5.74, 6) is 2.05. The Morgan fingerprint density at radius 2 is 2.00 bits per heavy atom. The van der Waals surface area contributed by atoms with Crippen molar-refractivity contribution in [2.45, 2.75) is 57.6 Å². The highest BCUT2D eigenvalue weighted by atomic mass is 32.2. The van der Waals surface area contributed by atoms with E-state index in [-0.39, 0.29) is 0 Å². The monoisotopic (exact) mass is 212 g/mol. The Labute approximate surface area is 93.5 Å². The first-order valence-electron chi connectivity index (χ1n) is 6.13. The third-order valence-electron chi connectivity index (χ3n) is 3.02. The van der Waals surface area contributed by atoms with Crippen LogP contribution >= 0.6 is 11.8 Å². The number of allylic oxidation sites excluding steroid dienone is 1. The summed E-state index contributed by atoms with van der Waals surface area (Å²) in [4.78, 5) is 0. The van der Waals surface area contributed by atoms with Gasteiger partial charge in [-0.3, -0.25) is 0 Å². The van der Waals surface area contributed by atoms with Crippen molar-refractivity contribution in [1.29, 1.82) is 0 Å². The maximum absolute atomic E-state index is 2.40. The molecule has 0 amide bonds. The van der Waals surface area contributed by atoms with Crippen molar-refractivity contribution in [2.75, 3.05) is 5.75 Å². The Hall–Kier alpha value is 0.0900. The number of thioether (sulfide) groups is 1. The predicted octanol–water partition coefficient (Wildman–Crippen LogP) is 4.65. The van der Waals surface area contributed by atoms with E-state index in [4.69, 9.17) is 0 Å². The zero-order valence-electron chi connectivity index (χ0n) is 9.67. The van der Waals surface area contributed by atoms with E-state index in [0.29, 0.717) is 0 Å². The van der Waals surface area contributed by atoms with Crippen molar-refractivity contribution >= 4 is 11.8 Å². The van der Waals surface area contributed by atoms with Gasteiger partial charge in [0.1, 0.15) is 0 Å². The molecule has 0 aromatic heterocycles. The van der Waals surface area contributed by atoms with Gasteiger partial charge < -0.3 is 0 Å². The zero-order valence-corrected chi connectivity index (χ0v) is 10.5. The Kier molecular flexibility index (Phi) is 6.42. The van der Waals surface area contributed by atoms with Gasteiger partial charge in [-0.25, -0.2) is 0 Å². The van der Waals surface area contributed by atoms with Crippen LogP contribution in [-0.2, 0) is 0 Å². The molecule has 0 aromatic rings. The number of hydrogen-bond acceptors (Lipinski definition) is 1. The van der Waals surface area contributed by atoms with E-state index in [9.17, 15) is 0 Å². The highest BCUT2D eigenvalue weighted by Crippen LogP contribution is 2.29. The van der Waals surface area contributed by atoms with Gasteiger partial charge >= 0.3 is 0 Å². The molecule has 0 fully saturated rings. The summed E-state index contributed by atoms with van der Waals surface area (Å²) in [6.07, 6.45) is 13.3. The third kappa shape index (κ3) is 4.54. The molecule has 0 spiro atoms. The molecule has 1 aliphatic heterocycles. The molecule has 1 rings (SSSR count). The van der Waals surface area contributed by atoms with Crippen LogP contribution in [0.1, 0.15) is 52.4 Å². The zero-order chi connectivity index (χ0) is 10.2. The van der Waals surface area contributed by atoms with Crippen LogP contribution in [0.4, 0.5) is 0 Å². The van der Waals surface area contributed by atoms with Gasteiger partial charge in [-0.1, -0.05) is 58.1 Å². The molecule has 1 heterocycles. The second kappa shape index (κ2) is 7.39. The summed E-state index contributed by atoms with van der Waals surface area (Å²) in [6, 6.07) is 0. The van der Waals surface area contributed by atoms with Crippen molar-refractivity contribution in [2.24, 2.45) is 5.92 Å². The highest BCUT2D eigenvalue weighted by Gasteiger charge is 2.17. The molecular weight excluding hydrogens is 188 g/mol. The SMILES string of the molecule is CCCCCCCC1SCC=CC1C. The van der Waals surface area contributed by atoms with Crippen LogP contribution < -0.4 is 0 Å². The molecule has 0 aromatic carbocycles. The molecule has 2 atom stereocenters. The number of rotatable bonds is 6. The summed E-state index contributed by atoms with van der Waals surface area (Å²) < 4.78 is 0. The van der Waals surface area contributed by atoms with Crippen LogP contribution in [-0.4, -0.2) is 11.0 Å². The van der Waals surface area contributed by atoms with Crippen molar-refractivity contribution < 1.29 is 0 Å². The molecule has 0 saturated heterocycles. The van der Waals surface area contributed by atoms with Gasteiger partial charge in [0.05, 0.1) is 0 Å². The average Bonchev–Trinajstić information content (AvgIpc) is 2.20. The second-order valence-electron chi connectivity index (χ2n) is 4.36. The fourth-order valence-electron chi connectivity index (χ4n) is 2.02. The summed E-state index contributed by atoms with van der Waals surface area (Å²) in [6.45, 7) is 4.64. The number of unbranched alkanes of at least 4 members (excludes halogenated alkanes) is 4. The second-order valence-corrected chi connectivity index (χ2v) is 5.63. The van der Waals surface area contributed by atoms with E-state index in [0.717, 1.165) is 11.2 Å². The minimum Gasteiger partial charge on any atom is -0.154 e. The molecule has 82 valence electrons. The lowest BCUT2D eigenvalue weighted by molar-refractivity contribution is 0.552. The lowest BCUT2D eigenvalue weighted by Gasteiger charge is -2.23. The van der Waals surface area contributed by atoms with Gasteiger partial charge in [-0.2, -0.15) is 11.8 Å². The van der Waals surface area contributed by atoms with Crippen LogP contribution in [0, 0.1) is 5.92 Å². The molecule has 0 nitrogen and oxygen atoms in total. The van der Waals surface area contributed by atoms with E-state index in [1.54, 1.807) is 0 Å². The normalized spacial score (nSPS) is 26.7. The Morgan fingerprint density at radius 3 is 2.71 bits per heavy atom. The fraction of sp³-hybridized carbons (Fsp3) is 0.846. The topological polar surface area (TPSA) is 0 Å². The fourth-order valence-corrected chi connectivity index (χ4v) is 3.22. The summed E-state index contributed by atoms with van der Waals surface area (Å²) in [5.41, 5.74) is 0. The smallest absolute Gasteiger partial charge is 0.0116 e. The summed E-state index contributed by atoms with van der Waals surface area (Å²) in [5, 5.41) is 0.904. The van der Waals surface area contributed by atoms with Crippen molar-refractivity contribution in [1.82, 2.24) is 0 Å². The lowest BCUT2D eigenvalue weighted by Crippen LogP contribution is -2.15. The van der Waals surface area contributed by atoms with Crippen molar-refractivity contribution in [3.8, 4) is 0 Å². The van der Waals surface area contributed by atoms with Gasteiger partial charge in [-0.15, -0.1) is 0 Å². The maximum Gasteiger partial charge on any atom is 0.0116 e. The lowest BCUT2D eigenvalue weighted by atomic mass is 10.0.